The van der Waals surface area contributed by atoms with Crippen LogP contribution in [0.4, 0.5) is 0 Å². The zero-order valence-corrected chi connectivity index (χ0v) is 12.5. The second-order valence-corrected chi connectivity index (χ2v) is 6.23. The largest absolute Gasteiger partial charge is 0.396 e. The topological polar surface area (TPSA) is 32.3 Å². The van der Waals surface area contributed by atoms with Gasteiger partial charge in [0.15, 0.2) is 0 Å². The summed E-state index contributed by atoms with van der Waals surface area (Å²) >= 11 is 3.51. The van der Waals surface area contributed by atoms with Crippen LogP contribution in [0.5, 0.6) is 0 Å². The minimum absolute atomic E-state index is 0.345. The van der Waals surface area contributed by atoms with Crippen LogP contribution < -0.4 is 5.32 Å². The highest BCUT2D eigenvalue weighted by molar-refractivity contribution is 9.10. The maximum atomic E-state index is 9.32. The van der Waals surface area contributed by atoms with Gasteiger partial charge in [-0.3, -0.25) is 0 Å². The SMILES string of the molecule is CC(NCC1CCCC1CO)c1cccc(Br)c1. The summed E-state index contributed by atoms with van der Waals surface area (Å²) in [7, 11) is 0. The van der Waals surface area contributed by atoms with Crippen LogP contribution in [-0.4, -0.2) is 18.3 Å². The smallest absolute Gasteiger partial charge is 0.0462 e. The molecule has 100 valence electrons. The Kier molecular flexibility index (Phi) is 5.22. The van der Waals surface area contributed by atoms with Gasteiger partial charge < -0.3 is 10.4 Å². The third-order valence-electron chi connectivity index (χ3n) is 4.09. The fourth-order valence-electron chi connectivity index (χ4n) is 2.84. The van der Waals surface area contributed by atoms with Gasteiger partial charge in [0.25, 0.3) is 0 Å². The van der Waals surface area contributed by atoms with Crippen molar-refractivity contribution in [2.45, 2.75) is 32.2 Å². The van der Waals surface area contributed by atoms with Crippen molar-refractivity contribution in [2.75, 3.05) is 13.2 Å². The quantitative estimate of drug-likeness (QED) is 0.872. The maximum absolute atomic E-state index is 9.32. The Morgan fingerprint density at radius 2 is 2.17 bits per heavy atom. The number of aliphatic hydroxyl groups is 1. The molecule has 0 heterocycles. The molecule has 2 rings (SSSR count). The van der Waals surface area contributed by atoms with E-state index in [-0.39, 0.29) is 0 Å². The highest BCUT2D eigenvalue weighted by Gasteiger charge is 2.26. The van der Waals surface area contributed by atoms with Gasteiger partial charge in [-0.2, -0.15) is 0 Å². The number of hydrogen-bond donors (Lipinski definition) is 2. The van der Waals surface area contributed by atoms with Crippen LogP contribution in [0.1, 0.15) is 37.8 Å². The van der Waals surface area contributed by atoms with Crippen LogP contribution in [-0.2, 0) is 0 Å². The zero-order valence-electron chi connectivity index (χ0n) is 10.9. The Labute approximate surface area is 118 Å². The minimum Gasteiger partial charge on any atom is -0.396 e. The summed E-state index contributed by atoms with van der Waals surface area (Å²) in [6.45, 7) is 3.56. The van der Waals surface area contributed by atoms with Gasteiger partial charge in [-0.05, 0) is 55.8 Å². The number of aliphatic hydroxyl groups excluding tert-OH is 1. The van der Waals surface area contributed by atoms with Gasteiger partial charge in [-0.1, -0.05) is 34.5 Å². The van der Waals surface area contributed by atoms with E-state index in [1.54, 1.807) is 0 Å². The fourth-order valence-corrected chi connectivity index (χ4v) is 3.26. The number of benzene rings is 1. The molecule has 1 aromatic rings. The van der Waals surface area contributed by atoms with Gasteiger partial charge in [0.05, 0.1) is 0 Å². The van der Waals surface area contributed by atoms with E-state index in [2.05, 4.69) is 52.4 Å². The van der Waals surface area contributed by atoms with Crippen LogP contribution >= 0.6 is 15.9 Å². The van der Waals surface area contributed by atoms with Crippen LogP contribution in [0, 0.1) is 11.8 Å². The molecule has 1 saturated carbocycles. The summed E-state index contributed by atoms with van der Waals surface area (Å²) in [6, 6.07) is 8.80. The Morgan fingerprint density at radius 3 is 2.89 bits per heavy atom. The lowest BCUT2D eigenvalue weighted by Gasteiger charge is -2.21. The van der Waals surface area contributed by atoms with E-state index in [4.69, 9.17) is 0 Å². The first-order chi connectivity index (χ1) is 8.70. The summed E-state index contributed by atoms with van der Waals surface area (Å²) in [5.74, 6) is 1.15. The second-order valence-electron chi connectivity index (χ2n) is 5.32. The fraction of sp³-hybridized carbons (Fsp3) is 0.600. The molecule has 1 aromatic carbocycles. The maximum Gasteiger partial charge on any atom is 0.0462 e. The third-order valence-corrected chi connectivity index (χ3v) is 4.58. The van der Waals surface area contributed by atoms with Gasteiger partial charge in [-0.25, -0.2) is 0 Å². The molecule has 2 N–H and O–H groups in total. The molecular formula is C15H22BrNO. The summed E-state index contributed by atoms with van der Waals surface area (Å²) in [5, 5.41) is 12.9. The molecule has 1 aliphatic rings. The van der Waals surface area contributed by atoms with Gasteiger partial charge >= 0.3 is 0 Å². The number of rotatable bonds is 5. The number of nitrogens with one attached hydrogen (secondary N) is 1. The molecule has 0 radical (unpaired) electrons. The molecule has 3 heteroatoms. The lowest BCUT2D eigenvalue weighted by atomic mass is 9.96. The molecule has 0 amide bonds. The molecule has 1 fully saturated rings. The van der Waals surface area contributed by atoms with Gasteiger partial charge in [0.1, 0.15) is 0 Å². The molecule has 3 atom stereocenters. The van der Waals surface area contributed by atoms with Gasteiger partial charge in [0.2, 0.25) is 0 Å². The summed E-state index contributed by atoms with van der Waals surface area (Å²) < 4.78 is 1.13. The van der Waals surface area contributed by atoms with E-state index in [1.807, 2.05) is 0 Å². The van der Waals surface area contributed by atoms with Crippen LogP contribution in [0.2, 0.25) is 0 Å². The summed E-state index contributed by atoms with van der Waals surface area (Å²) in [5.41, 5.74) is 1.31. The number of halogens is 1. The van der Waals surface area contributed by atoms with E-state index in [0.717, 1.165) is 11.0 Å². The first kappa shape index (κ1) is 14.0. The molecule has 2 nitrogen and oxygen atoms in total. The van der Waals surface area contributed by atoms with Crippen molar-refractivity contribution in [3.63, 3.8) is 0 Å². The average Bonchev–Trinajstić information content (AvgIpc) is 2.83. The van der Waals surface area contributed by atoms with Crippen LogP contribution in [0.15, 0.2) is 28.7 Å². The lowest BCUT2D eigenvalue weighted by Crippen LogP contribution is -2.28. The van der Waals surface area contributed by atoms with E-state index in [9.17, 15) is 5.11 Å². The molecule has 0 aliphatic heterocycles. The lowest BCUT2D eigenvalue weighted by molar-refractivity contribution is 0.190. The molecule has 0 saturated heterocycles. The molecule has 3 unspecified atom stereocenters. The van der Waals surface area contributed by atoms with Gasteiger partial charge in [0, 0.05) is 17.1 Å². The monoisotopic (exact) mass is 311 g/mol. The van der Waals surface area contributed by atoms with Crippen LogP contribution in [0.25, 0.3) is 0 Å². The van der Waals surface area contributed by atoms with Crippen molar-refractivity contribution in [2.24, 2.45) is 11.8 Å². The zero-order chi connectivity index (χ0) is 13.0. The van der Waals surface area contributed by atoms with Crippen molar-refractivity contribution in [1.29, 1.82) is 0 Å². The molecule has 0 spiro atoms. The minimum atomic E-state index is 0.345. The predicted molar refractivity (Wildman–Crippen MR) is 78.5 cm³/mol. The second kappa shape index (κ2) is 6.69. The molecule has 0 bridgehead atoms. The summed E-state index contributed by atoms with van der Waals surface area (Å²) in [4.78, 5) is 0. The normalized spacial score (nSPS) is 25.3. The summed E-state index contributed by atoms with van der Waals surface area (Å²) in [6.07, 6.45) is 3.71. The van der Waals surface area contributed by atoms with E-state index >= 15 is 0 Å². The molecule has 1 aliphatic carbocycles. The average molecular weight is 312 g/mol. The van der Waals surface area contributed by atoms with Crippen molar-refractivity contribution >= 4 is 15.9 Å². The molecule has 0 aromatic heterocycles. The Bertz CT molecular complexity index is 383. The third kappa shape index (κ3) is 3.56. The highest BCUT2D eigenvalue weighted by atomic mass is 79.9. The first-order valence-corrected chi connectivity index (χ1v) is 7.59. The Morgan fingerprint density at radius 1 is 1.39 bits per heavy atom. The van der Waals surface area contributed by atoms with Gasteiger partial charge in [-0.15, -0.1) is 0 Å². The van der Waals surface area contributed by atoms with Crippen molar-refractivity contribution in [3.8, 4) is 0 Å². The predicted octanol–water partition coefficient (Wildman–Crippen LogP) is 3.51. The Hall–Kier alpha value is -0.380. The standard InChI is InChI=1S/C15H22BrNO/c1-11(12-4-3-7-15(16)8-12)17-9-13-5-2-6-14(13)10-18/h3-4,7-8,11,13-14,17-18H,2,5-6,9-10H2,1H3. The Balaban J connectivity index is 1.86. The highest BCUT2D eigenvalue weighted by Crippen LogP contribution is 2.31. The van der Waals surface area contributed by atoms with E-state index < -0.39 is 0 Å². The van der Waals surface area contributed by atoms with Crippen molar-refractivity contribution in [3.05, 3.63) is 34.3 Å². The molecular weight excluding hydrogens is 290 g/mol. The van der Waals surface area contributed by atoms with E-state index in [1.165, 1.54) is 24.8 Å². The van der Waals surface area contributed by atoms with E-state index in [0.29, 0.717) is 24.5 Å². The van der Waals surface area contributed by atoms with Crippen molar-refractivity contribution < 1.29 is 5.11 Å². The van der Waals surface area contributed by atoms with Crippen LogP contribution in [0.3, 0.4) is 0 Å². The molecule has 18 heavy (non-hydrogen) atoms. The van der Waals surface area contributed by atoms with Crippen molar-refractivity contribution in [1.82, 2.24) is 5.32 Å². The first-order valence-electron chi connectivity index (χ1n) is 6.80. The number of hydrogen-bond acceptors (Lipinski definition) is 2.